The van der Waals surface area contributed by atoms with E-state index in [1.54, 1.807) is 0 Å². The van der Waals surface area contributed by atoms with Crippen LogP contribution in [-0.4, -0.2) is 16.0 Å². The molecular formula is C9H17Cl2N3. The molecule has 1 aliphatic rings. The highest BCUT2D eigenvalue weighted by Crippen LogP contribution is 2.29. The van der Waals surface area contributed by atoms with Gasteiger partial charge in [0, 0.05) is 24.4 Å². The zero-order valence-corrected chi connectivity index (χ0v) is 9.61. The first-order valence-corrected chi connectivity index (χ1v) is 4.61. The van der Waals surface area contributed by atoms with Crippen molar-refractivity contribution in [3.63, 3.8) is 0 Å². The summed E-state index contributed by atoms with van der Waals surface area (Å²) < 4.78 is 0. The zero-order valence-electron chi connectivity index (χ0n) is 7.98. The van der Waals surface area contributed by atoms with Gasteiger partial charge >= 0.3 is 0 Å². The first-order valence-electron chi connectivity index (χ1n) is 4.61. The first-order chi connectivity index (χ1) is 5.86. The summed E-state index contributed by atoms with van der Waals surface area (Å²) in [5.74, 6) is 1.77. The van der Waals surface area contributed by atoms with E-state index in [1.807, 2.05) is 12.4 Å². The van der Waals surface area contributed by atoms with E-state index in [9.17, 15) is 0 Å². The van der Waals surface area contributed by atoms with Crippen LogP contribution < -0.4 is 5.73 Å². The molecule has 5 heteroatoms. The number of imidazole rings is 1. The normalized spacial score (nSPS) is 26.1. The molecule has 0 spiro atoms. The third kappa shape index (κ3) is 3.15. The third-order valence-corrected chi connectivity index (χ3v) is 2.68. The van der Waals surface area contributed by atoms with E-state index in [0.717, 1.165) is 18.7 Å². The summed E-state index contributed by atoms with van der Waals surface area (Å²) in [7, 11) is 0. The Morgan fingerprint density at radius 3 is 2.36 bits per heavy atom. The van der Waals surface area contributed by atoms with Crippen LogP contribution in [0.5, 0.6) is 0 Å². The molecule has 0 saturated heterocycles. The molecule has 3 nitrogen and oxygen atoms in total. The number of hydrogen-bond acceptors (Lipinski definition) is 2. The topological polar surface area (TPSA) is 54.7 Å². The molecule has 0 bridgehead atoms. The van der Waals surface area contributed by atoms with Crippen LogP contribution in [0.25, 0.3) is 0 Å². The van der Waals surface area contributed by atoms with Crippen LogP contribution in [0.4, 0.5) is 0 Å². The number of aromatic amines is 1. The second-order valence-electron chi connectivity index (χ2n) is 3.59. The van der Waals surface area contributed by atoms with Crippen LogP contribution in [-0.2, 0) is 0 Å². The Bertz CT molecular complexity index is 230. The molecule has 0 aliphatic heterocycles. The maximum absolute atomic E-state index is 5.82. The van der Waals surface area contributed by atoms with Crippen molar-refractivity contribution < 1.29 is 0 Å². The van der Waals surface area contributed by atoms with E-state index >= 15 is 0 Å². The van der Waals surface area contributed by atoms with Gasteiger partial charge in [-0.05, 0) is 25.7 Å². The summed E-state index contributed by atoms with van der Waals surface area (Å²) in [5.41, 5.74) is 5.82. The fourth-order valence-electron chi connectivity index (χ4n) is 1.89. The second-order valence-corrected chi connectivity index (χ2v) is 3.59. The molecule has 1 aromatic heterocycles. The van der Waals surface area contributed by atoms with Crippen LogP contribution in [0.1, 0.15) is 37.4 Å². The molecule has 0 aromatic carbocycles. The number of nitrogens with zero attached hydrogens (tertiary/aromatic N) is 1. The van der Waals surface area contributed by atoms with Crippen molar-refractivity contribution in [2.75, 3.05) is 0 Å². The maximum Gasteiger partial charge on any atom is 0.109 e. The minimum absolute atomic E-state index is 0. The fourth-order valence-corrected chi connectivity index (χ4v) is 1.89. The highest BCUT2D eigenvalue weighted by molar-refractivity contribution is 5.85. The molecule has 1 aromatic rings. The van der Waals surface area contributed by atoms with E-state index in [2.05, 4.69) is 9.97 Å². The summed E-state index contributed by atoms with van der Waals surface area (Å²) >= 11 is 0. The fraction of sp³-hybridized carbons (Fsp3) is 0.667. The smallest absolute Gasteiger partial charge is 0.109 e. The maximum atomic E-state index is 5.82. The molecule has 1 aliphatic carbocycles. The molecule has 2 rings (SSSR count). The lowest BCUT2D eigenvalue weighted by molar-refractivity contribution is 0.386. The van der Waals surface area contributed by atoms with Crippen LogP contribution in [0.2, 0.25) is 0 Å². The lowest BCUT2D eigenvalue weighted by Gasteiger charge is -2.24. The largest absolute Gasteiger partial charge is 0.348 e. The van der Waals surface area contributed by atoms with E-state index in [1.165, 1.54) is 12.8 Å². The molecule has 0 atom stereocenters. The molecule has 0 unspecified atom stereocenters. The summed E-state index contributed by atoms with van der Waals surface area (Å²) in [4.78, 5) is 7.44. The number of hydrogen-bond donors (Lipinski definition) is 2. The number of halogens is 2. The highest BCUT2D eigenvalue weighted by Gasteiger charge is 2.21. The van der Waals surface area contributed by atoms with Gasteiger partial charge < -0.3 is 10.7 Å². The van der Waals surface area contributed by atoms with Crippen molar-refractivity contribution in [2.45, 2.75) is 37.6 Å². The van der Waals surface area contributed by atoms with E-state index in [-0.39, 0.29) is 24.8 Å². The van der Waals surface area contributed by atoms with Gasteiger partial charge in [-0.3, -0.25) is 0 Å². The lowest BCUT2D eigenvalue weighted by atomic mass is 9.86. The van der Waals surface area contributed by atoms with Gasteiger partial charge in [0.25, 0.3) is 0 Å². The van der Waals surface area contributed by atoms with Crippen molar-refractivity contribution in [1.82, 2.24) is 9.97 Å². The summed E-state index contributed by atoms with van der Waals surface area (Å²) in [6.45, 7) is 0. The van der Waals surface area contributed by atoms with Gasteiger partial charge in [0.1, 0.15) is 5.82 Å². The van der Waals surface area contributed by atoms with Crippen LogP contribution >= 0.6 is 24.8 Å². The summed E-state index contributed by atoms with van der Waals surface area (Å²) in [6.07, 6.45) is 8.38. The van der Waals surface area contributed by atoms with Gasteiger partial charge in [0.2, 0.25) is 0 Å². The van der Waals surface area contributed by atoms with Gasteiger partial charge in [0.05, 0.1) is 0 Å². The average Bonchev–Trinajstić information content (AvgIpc) is 2.58. The Labute approximate surface area is 96.7 Å². The molecule has 3 N–H and O–H groups in total. The molecule has 1 saturated carbocycles. The van der Waals surface area contributed by atoms with Crippen LogP contribution in [0.3, 0.4) is 0 Å². The van der Waals surface area contributed by atoms with Gasteiger partial charge in [0.15, 0.2) is 0 Å². The summed E-state index contributed by atoms with van der Waals surface area (Å²) in [5, 5.41) is 0. The molecule has 82 valence electrons. The van der Waals surface area contributed by atoms with Gasteiger partial charge in [-0.25, -0.2) is 4.98 Å². The Kier molecular flexibility index (Phi) is 6.16. The minimum atomic E-state index is 0. The Balaban J connectivity index is 0.000000845. The van der Waals surface area contributed by atoms with Crippen molar-refractivity contribution in [3.05, 3.63) is 18.2 Å². The highest BCUT2D eigenvalue weighted by atomic mass is 35.5. The molecule has 0 amide bonds. The van der Waals surface area contributed by atoms with Gasteiger partial charge in [-0.2, -0.15) is 0 Å². The molecule has 14 heavy (non-hydrogen) atoms. The average molecular weight is 238 g/mol. The van der Waals surface area contributed by atoms with E-state index in [4.69, 9.17) is 5.73 Å². The Morgan fingerprint density at radius 2 is 1.86 bits per heavy atom. The standard InChI is InChI=1S/C9H15N3.2ClH/c10-8-3-1-7(2-4-8)9-11-5-6-12-9;;/h5-8H,1-4,10H2,(H,11,12);2*1H. The first kappa shape index (κ1) is 13.8. The van der Waals surface area contributed by atoms with Crippen molar-refractivity contribution >= 4 is 24.8 Å². The molecule has 1 fully saturated rings. The van der Waals surface area contributed by atoms with Crippen molar-refractivity contribution in [3.8, 4) is 0 Å². The molecular weight excluding hydrogens is 221 g/mol. The molecule has 0 radical (unpaired) electrons. The van der Waals surface area contributed by atoms with Gasteiger partial charge in [-0.1, -0.05) is 0 Å². The van der Waals surface area contributed by atoms with Crippen LogP contribution in [0.15, 0.2) is 12.4 Å². The number of rotatable bonds is 1. The predicted molar refractivity (Wildman–Crippen MR) is 62.3 cm³/mol. The van der Waals surface area contributed by atoms with Crippen molar-refractivity contribution in [2.24, 2.45) is 5.73 Å². The van der Waals surface area contributed by atoms with E-state index < -0.39 is 0 Å². The summed E-state index contributed by atoms with van der Waals surface area (Å²) in [6, 6.07) is 0.427. The predicted octanol–water partition coefficient (Wildman–Crippen LogP) is 2.24. The second kappa shape index (κ2) is 6.27. The number of aromatic nitrogens is 2. The quantitative estimate of drug-likeness (QED) is 0.788. The molecule has 1 heterocycles. The Hall–Kier alpha value is -0.250. The van der Waals surface area contributed by atoms with Crippen LogP contribution in [0, 0.1) is 0 Å². The van der Waals surface area contributed by atoms with Gasteiger partial charge in [-0.15, -0.1) is 24.8 Å². The van der Waals surface area contributed by atoms with E-state index in [0.29, 0.717) is 12.0 Å². The number of nitrogens with two attached hydrogens (primary N) is 1. The monoisotopic (exact) mass is 237 g/mol. The lowest BCUT2D eigenvalue weighted by Crippen LogP contribution is -2.26. The third-order valence-electron chi connectivity index (χ3n) is 2.68. The SMILES string of the molecule is Cl.Cl.NC1CCC(c2ncc[nH]2)CC1. The number of H-pyrrole nitrogens is 1. The van der Waals surface area contributed by atoms with Crippen molar-refractivity contribution in [1.29, 1.82) is 0 Å². The number of nitrogens with one attached hydrogen (secondary N) is 1. The Morgan fingerprint density at radius 1 is 1.21 bits per heavy atom. The minimum Gasteiger partial charge on any atom is -0.348 e. The zero-order chi connectivity index (χ0) is 8.39.